The average Bonchev–Trinajstić information content (AvgIpc) is 2.63. The molecule has 0 saturated heterocycles. The summed E-state index contributed by atoms with van der Waals surface area (Å²) < 4.78 is 6.23. The number of amides is 1. The van der Waals surface area contributed by atoms with Crippen LogP contribution in [-0.4, -0.2) is 30.5 Å². The van der Waals surface area contributed by atoms with E-state index in [-0.39, 0.29) is 18.6 Å². The fourth-order valence-corrected chi connectivity index (χ4v) is 3.54. The number of hydrogen-bond acceptors (Lipinski definition) is 3. The maximum atomic E-state index is 12.7. The van der Waals surface area contributed by atoms with Gasteiger partial charge in [0.25, 0.3) is 0 Å². The summed E-state index contributed by atoms with van der Waals surface area (Å²) >= 11 is 3.46. The summed E-state index contributed by atoms with van der Waals surface area (Å²) in [4.78, 5) is 14.3. The van der Waals surface area contributed by atoms with Gasteiger partial charge < -0.3 is 9.84 Å². The molecule has 2 aromatic carbocycles. The second-order valence-corrected chi connectivity index (χ2v) is 6.74. The third kappa shape index (κ3) is 3.62. The summed E-state index contributed by atoms with van der Waals surface area (Å²) in [5.41, 5.74) is 2.70. The summed E-state index contributed by atoms with van der Waals surface area (Å²) in [5, 5.41) is 10.0. The van der Waals surface area contributed by atoms with Gasteiger partial charge in [-0.25, -0.2) is 4.79 Å². The highest BCUT2D eigenvalue weighted by molar-refractivity contribution is 9.10. The maximum absolute atomic E-state index is 12.7. The molecule has 2 aromatic rings. The van der Waals surface area contributed by atoms with Crippen LogP contribution in [0.5, 0.6) is 0 Å². The molecule has 0 aromatic heterocycles. The highest BCUT2D eigenvalue weighted by atomic mass is 79.9. The molecule has 3 rings (SSSR count). The Morgan fingerprint density at radius 2 is 2.04 bits per heavy atom. The molecule has 1 N–H and O–H groups in total. The largest absolute Gasteiger partial charge is 0.449 e. The number of nitrogens with zero attached hydrogens (tertiary/aromatic N) is 1. The predicted octanol–water partition coefficient (Wildman–Crippen LogP) is 4.58. The Balaban J connectivity index is 2.05. The number of carbonyl (C=O) groups is 1. The second-order valence-electron chi connectivity index (χ2n) is 5.82. The van der Waals surface area contributed by atoms with Gasteiger partial charge in [0.15, 0.2) is 0 Å². The SMILES string of the molecule is CCOC(=O)N1c2ccc(Br)cc2C=C[C@@H]1[C@H](CO)c1ccccc1. The molecular formula is C20H20BrNO3. The second kappa shape index (κ2) is 7.85. The van der Waals surface area contributed by atoms with E-state index in [1.807, 2.05) is 60.7 Å². The number of hydrogen-bond donors (Lipinski definition) is 1. The van der Waals surface area contributed by atoms with Gasteiger partial charge in [-0.05, 0) is 36.2 Å². The molecule has 0 bridgehead atoms. The molecule has 2 atom stereocenters. The molecule has 0 spiro atoms. The highest BCUT2D eigenvalue weighted by Crippen LogP contribution is 2.37. The average molecular weight is 402 g/mol. The van der Waals surface area contributed by atoms with Crippen LogP contribution in [0.3, 0.4) is 0 Å². The van der Waals surface area contributed by atoms with Gasteiger partial charge in [0.1, 0.15) is 0 Å². The Morgan fingerprint density at radius 1 is 1.28 bits per heavy atom. The van der Waals surface area contributed by atoms with Gasteiger partial charge in [-0.1, -0.05) is 58.4 Å². The lowest BCUT2D eigenvalue weighted by atomic mass is 9.88. The molecule has 0 unspecified atom stereocenters. The minimum atomic E-state index is -0.408. The number of rotatable bonds is 4. The van der Waals surface area contributed by atoms with Crippen LogP contribution in [0.25, 0.3) is 6.08 Å². The molecule has 1 aliphatic rings. The molecule has 1 heterocycles. The first kappa shape index (κ1) is 17.7. The quantitative estimate of drug-likeness (QED) is 0.815. The highest BCUT2D eigenvalue weighted by Gasteiger charge is 2.35. The topological polar surface area (TPSA) is 49.8 Å². The minimum Gasteiger partial charge on any atom is -0.449 e. The van der Waals surface area contributed by atoms with Crippen molar-refractivity contribution in [3.05, 3.63) is 70.2 Å². The van der Waals surface area contributed by atoms with Gasteiger partial charge in [0.05, 0.1) is 24.9 Å². The number of benzene rings is 2. The number of fused-ring (bicyclic) bond motifs is 1. The molecule has 1 amide bonds. The van der Waals surface area contributed by atoms with E-state index in [4.69, 9.17) is 4.74 Å². The lowest BCUT2D eigenvalue weighted by Gasteiger charge is -2.37. The fraction of sp³-hybridized carbons (Fsp3) is 0.250. The number of anilines is 1. The van der Waals surface area contributed by atoms with Crippen molar-refractivity contribution in [2.45, 2.75) is 18.9 Å². The monoisotopic (exact) mass is 401 g/mol. The summed E-state index contributed by atoms with van der Waals surface area (Å²) in [7, 11) is 0. The van der Waals surface area contributed by atoms with Crippen LogP contribution in [-0.2, 0) is 4.74 Å². The lowest BCUT2D eigenvalue weighted by molar-refractivity contribution is 0.155. The van der Waals surface area contributed by atoms with Crippen LogP contribution in [0, 0.1) is 0 Å². The van der Waals surface area contributed by atoms with E-state index in [2.05, 4.69) is 15.9 Å². The van der Waals surface area contributed by atoms with Gasteiger partial charge in [0, 0.05) is 10.4 Å². The standard InChI is InChI=1S/C20H20BrNO3/c1-2-25-20(24)22-18-11-9-16(21)12-15(18)8-10-19(22)17(13-23)14-6-4-3-5-7-14/h3-12,17,19,23H,2,13H2,1H3/t17-,19-/m1/s1. The number of carbonyl (C=O) groups excluding carboxylic acids is 1. The number of aliphatic hydroxyl groups is 1. The van der Waals surface area contributed by atoms with Crippen LogP contribution < -0.4 is 4.90 Å². The van der Waals surface area contributed by atoms with E-state index in [1.54, 1.807) is 11.8 Å². The van der Waals surface area contributed by atoms with E-state index in [9.17, 15) is 9.90 Å². The van der Waals surface area contributed by atoms with E-state index < -0.39 is 6.09 Å². The predicted molar refractivity (Wildman–Crippen MR) is 103 cm³/mol. The Kier molecular flexibility index (Phi) is 5.56. The van der Waals surface area contributed by atoms with Crippen molar-refractivity contribution in [3.8, 4) is 0 Å². The van der Waals surface area contributed by atoms with Gasteiger partial charge in [-0.3, -0.25) is 4.90 Å². The Bertz CT molecular complexity index is 776. The molecule has 0 radical (unpaired) electrons. The lowest BCUT2D eigenvalue weighted by Crippen LogP contribution is -2.45. The molecule has 5 heteroatoms. The first-order valence-corrected chi connectivity index (χ1v) is 9.04. The zero-order valence-corrected chi connectivity index (χ0v) is 15.5. The Morgan fingerprint density at radius 3 is 2.72 bits per heavy atom. The third-order valence-electron chi connectivity index (χ3n) is 4.32. The van der Waals surface area contributed by atoms with Crippen molar-refractivity contribution in [1.29, 1.82) is 0 Å². The summed E-state index contributed by atoms with van der Waals surface area (Å²) in [6.07, 6.45) is 3.54. The van der Waals surface area contributed by atoms with Crippen LogP contribution in [0.1, 0.15) is 24.0 Å². The molecule has 0 fully saturated rings. The van der Waals surface area contributed by atoms with Crippen molar-refractivity contribution in [2.24, 2.45) is 0 Å². The number of ether oxygens (including phenoxy) is 1. The third-order valence-corrected chi connectivity index (χ3v) is 4.81. The van der Waals surface area contributed by atoms with Gasteiger partial charge in [-0.15, -0.1) is 0 Å². The van der Waals surface area contributed by atoms with Crippen molar-refractivity contribution >= 4 is 33.8 Å². The van der Waals surface area contributed by atoms with Gasteiger partial charge in [-0.2, -0.15) is 0 Å². The Labute approximate surface area is 155 Å². The van der Waals surface area contributed by atoms with Crippen LogP contribution in [0.15, 0.2) is 59.1 Å². The zero-order valence-electron chi connectivity index (χ0n) is 13.9. The minimum absolute atomic E-state index is 0.0687. The zero-order chi connectivity index (χ0) is 17.8. The van der Waals surface area contributed by atoms with Crippen molar-refractivity contribution < 1.29 is 14.6 Å². The molecule has 25 heavy (non-hydrogen) atoms. The summed E-state index contributed by atoms with van der Waals surface area (Å²) in [6.45, 7) is 2.02. The number of halogens is 1. The van der Waals surface area contributed by atoms with Crippen molar-refractivity contribution in [3.63, 3.8) is 0 Å². The molecule has 4 nitrogen and oxygen atoms in total. The molecule has 0 aliphatic carbocycles. The normalized spacial score (nSPS) is 17.1. The Hall–Kier alpha value is -2.11. The molecular weight excluding hydrogens is 382 g/mol. The summed E-state index contributed by atoms with van der Waals surface area (Å²) in [5.74, 6) is -0.237. The van der Waals surface area contributed by atoms with Crippen LogP contribution in [0.2, 0.25) is 0 Å². The molecule has 1 aliphatic heterocycles. The van der Waals surface area contributed by atoms with Crippen LogP contribution >= 0.6 is 15.9 Å². The first-order chi connectivity index (χ1) is 12.2. The van der Waals surface area contributed by atoms with Crippen molar-refractivity contribution in [2.75, 3.05) is 18.1 Å². The smallest absolute Gasteiger partial charge is 0.414 e. The van der Waals surface area contributed by atoms with E-state index in [0.717, 1.165) is 21.3 Å². The van der Waals surface area contributed by atoms with E-state index in [0.29, 0.717) is 6.61 Å². The van der Waals surface area contributed by atoms with Crippen LogP contribution in [0.4, 0.5) is 10.5 Å². The molecule has 130 valence electrons. The van der Waals surface area contributed by atoms with Gasteiger partial charge in [0.2, 0.25) is 0 Å². The van der Waals surface area contributed by atoms with Crippen molar-refractivity contribution in [1.82, 2.24) is 0 Å². The summed E-state index contributed by atoms with van der Waals surface area (Å²) in [6, 6.07) is 15.2. The van der Waals surface area contributed by atoms with Gasteiger partial charge >= 0.3 is 6.09 Å². The first-order valence-electron chi connectivity index (χ1n) is 8.25. The maximum Gasteiger partial charge on any atom is 0.414 e. The van der Waals surface area contributed by atoms with E-state index >= 15 is 0 Å². The van der Waals surface area contributed by atoms with E-state index in [1.165, 1.54) is 0 Å². The fourth-order valence-electron chi connectivity index (χ4n) is 3.17. The number of aliphatic hydroxyl groups excluding tert-OH is 1. The molecule has 0 saturated carbocycles.